The van der Waals surface area contributed by atoms with Crippen LogP contribution in [0.4, 0.5) is 5.69 Å². The molecule has 1 N–H and O–H groups in total. The van der Waals surface area contributed by atoms with Gasteiger partial charge in [-0.15, -0.1) is 11.3 Å². The Bertz CT molecular complexity index is 1220. The summed E-state index contributed by atoms with van der Waals surface area (Å²) in [7, 11) is 0. The van der Waals surface area contributed by atoms with Gasteiger partial charge in [-0.3, -0.25) is 4.79 Å². The van der Waals surface area contributed by atoms with E-state index in [-0.39, 0.29) is 11.8 Å². The normalized spacial score (nSPS) is 10.5. The molecule has 0 unspecified atom stereocenters. The van der Waals surface area contributed by atoms with Gasteiger partial charge in [0.05, 0.1) is 22.3 Å². The predicted molar refractivity (Wildman–Crippen MR) is 120 cm³/mol. The van der Waals surface area contributed by atoms with E-state index >= 15 is 0 Å². The smallest absolute Gasteiger partial charge is 0.259 e. The fourth-order valence-corrected chi connectivity index (χ4v) is 3.68. The molecule has 0 fully saturated rings. The molecule has 0 atom stereocenters. The van der Waals surface area contributed by atoms with Crippen LogP contribution in [-0.4, -0.2) is 20.7 Å². The molecule has 0 bridgehead atoms. The van der Waals surface area contributed by atoms with Gasteiger partial charge in [0, 0.05) is 17.4 Å². The second-order valence-corrected chi connectivity index (χ2v) is 7.91. The van der Waals surface area contributed by atoms with Gasteiger partial charge in [0.1, 0.15) is 0 Å². The molecule has 3 aromatic heterocycles. The monoisotopic (exact) mass is 412 g/mol. The summed E-state index contributed by atoms with van der Waals surface area (Å²) in [5.74, 6) is 6.85. The maximum atomic E-state index is 13.0. The molecule has 0 saturated heterocycles. The molecule has 6 heteroatoms. The Kier molecular flexibility index (Phi) is 5.73. The van der Waals surface area contributed by atoms with Crippen molar-refractivity contribution in [3.05, 3.63) is 94.1 Å². The molecule has 30 heavy (non-hydrogen) atoms. The zero-order valence-corrected chi connectivity index (χ0v) is 17.5. The van der Waals surface area contributed by atoms with E-state index in [4.69, 9.17) is 0 Å². The van der Waals surface area contributed by atoms with Gasteiger partial charge >= 0.3 is 0 Å². The number of anilines is 1. The van der Waals surface area contributed by atoms with Crippen molar-refractivity contribution in [3.63, 3.8) is 0 Å². The van der Waals surface area contributed by atoms with E-state index in [1.54, 1.807) is 28.4 Å². The van der Waals surface area contributed by atoms with Crippen molar-refractivity contribution < 1.29 is 4.79 Å². The summed E-state index contributed by atoms with van der Waals surface area (Å²) in [5.41, 5.74) is 2.89. The minimum Gasteiger partial charge on any atom is -0.322 e. The maximum Gasteiger partial charge on any atom is 0.259 e. The number of nitrogens with one attached hydrogen (secondary N) is 1. The van der Waals surface area contributed by atoms with Gasteiger partial charge in [0.15, 0.2) is 5.82 Å². The van der Waals surface area contributed by atoms with Gasteiger partial charge in [-0.1, -0.05) is 43.9 Å². The van der Waals surface area contributed by atoms with E-state index in [2.05, 4.69) is 27.2 Å². The second kappa shape index (κ2) is 8.76. The Balaban J connectivity index is 1.59. The first-order valence-corrected chi connectivity index (χ1v) is 10.5. The molecular weight excluding hydrogens is 392 g/mol. The third kappa shape index (κ3) is 4.32. The molecule has 0 saturated carbocycles. The van der Waals surface area contributed by atoms with Gasteiger partial charge in [0.2, 0.25) is 0 Å². The molecule has 3 heterocycles. The second-order valence-electron chi connectivity index (χ2n) is 6.96. The average Bonchev–Trinajstić information content (AvgIpc) is 3.43. The summed E-state index contributed by atoms with van der Waals surface area (Å²) in [4.78, 5) is 18.4. The fourth-order valence-electron chi connectivity index (χ4n) is 3.11. The average molecular weight is 413 g/mol. The summed E-state index contributed by atoms with van der Waals surface area (Å²) in [6.07, 6.45) is 3.31. The maximum absolute atomic E-state index is 13.0. The Morgan fingerprint density at radius 2 is 2.00 bits per heavy atom. The summed E-state index contributed by atoms with van der Waals surface area (Å²) in [6, 6.07) is 17.1. The van der Waals surface area contributed by atoms with Crippen LogP contribution in [0.2, 0.25) is 0 Å². The highest BCUT2D eigenvalue weighted by Gasteiger charge is 2.21. The molecule has 1 aromatic carbocycles. The van der Waals surface area contributed by atoms with Crippen LogP contribution in [0.25, 0.3) is 5.82 Å². The number of carbonyl (C=O) groups excluding carboxylic acids is 1. The van der Waals surface area contributed by atoms with Crippen molar-refractivity contribution in [1.29, 1.82) is 0 Å². The van der Waals surface area contributed by atoms with E-state index in [0.29, 0.717) is 17.1 Å². The quantitative estimate of drug-likeness (QED) is 0.474. The standard InChI is InChI=1S/C24H20N4OS/c1-17(2)23-21(16-26-28(23)22-10-3-4-13-25-22)24(29)27-19-8-5-7-18(15-19)11-12-20-9-6-14-30-20/h3-10,13-17H,1-2H3,(H,27,29). The highest BCUT2D eigenvalue weighted by molar-refractivity contribution is 7.10. The lowest BCUT2D eigenvalue weighted by Gasteiger charge is -2.12. The topological polar surface area (TPSA) is 59.8 Å². The number of amides is 1. The SMILES string of the molecule is CC(C)c1c(C(=O)Nc2cccc(C#Cc3cccs3)c2)cnn1-c1ccccn1. The van der Waals surface area contributed by atoms with Crippen molar-refractivity contribution in [2.75, 3.05) is 5.32 Å². The third-order valence-corrected chi connectivity index (χ3v) is 5.22. The van der Waals surface area contributed by atoms with Gasteiger partial charge in [-0.05, 0) is 47.7 Å². The van der Waals surface area contributed by atoms with Crippen LogP contribution >= 0.6 is 11.3 Å². The number of carbonyl (C=O) groups is 1. The van der Waals surface area contributed by atoms with Gasteiger partial charge < -0.3 is 5.32 Å². The Hall–Kier alpha value is -3.69. The van der Waals surface area contributed by atoms with Crippen molar-refractivity contribution in [2.45, 2.75) is 19.8 Å². The van der Waals surface area contributed by atoms with E-state index in [0.717, 1.165) is 16.1 Å². The number of benzene rings is 1. The Labute approximate surface area is 179 Å². The van der Waals surface area contributed by atoms with E-state index in [1.807, 2.05) is 73.8 Å². The van der Waals surface area contributed by atoms with Crippen molar-refractivity contribution in [2.24, 2.45) is 0 Å². The number of aromatic nitrogens is 3. The highest BCUT2D eigenvalue weighted by Crippen LogP contribution is 2.23. The predicted octanol–water partition coefficient (Wildman–Crippen LogP) is 5.10. The van der Waals surface area contributed by atoms with Crippen LogP contribution in [0.3, 0.4) is 0 Å². The molecule has 4 rings (SSSR count). The fraction of sp³-hybridized carbons (Fsp3) is 0.125. The highest BCUT2D eigenvalue weighted by atomic mass is 32.1. The van der Waals surface area contributed by atoms with E-state index in [9.17, 15) is 4.79 Å². The summed E-state index contributed by atoms with van der Waals surface area (Å²) < 4.78 is 1.72. The number of pyridine rings is 1. The molecule has 0 aliphatic carbocycles. The van der Waals surface area contributed by atoms with Gasteiger partial charge in [-0.2, -0.15) is 5.10 Å². The van der Waals surface area contributed by atoms with Crippen LogP contribution in [0.1, 0.15) is 46.3 Å². The minimum atomic E-state index is -0.204. The largest absolute Gasteiger partial charge is 0.322 e. The lowest BCUT2D eigenvalue weighted by Crippen LogP contribution is -2.15. The summed E-state index contributed by atoms with van der Waals surface area (Å²) in [6.45, 7) is 4.07. The first-order chi connectivity index (χ1) is 14.6. The third-order valence-electron chi connectivity index (χ3n) is 4.44. The van der Waals surface area contributed by atoms with Crippen LogP contribution in [0.15, 0.2) is 72.4 Å². The van der Waals surface area contributed by atoms with Crippen molar-refractivity contribution >= 4 is 22.9 Å². The molecule has 0 spiro atoms. The summed E-state index contributed by atoms with van der Waals surface area (Å²) in [5, 5.41) is 9.39. The molecule has 0 radical (unpaired) electrons. The molecule has 148 valence electrons. The van der Waals surface area contributed by atoms with Crippen LogP contribution in [0.5, 0.6) is 0 Å². The minimum absolute atomic E-state index is 0.0956. The molecule has 1 amide bonds. The van der Waals surface area contributed by atoms with Gasteiger partial charge in [-0.25, -0.2) is 9.67 Å². The molecule has 5 nitrogen and oxygen atoms in total. The van der Waals surface area contributed by atoms with Crippen LogP contribution < -0.4 is 5.32 Å². The van der Waals surface area contributed by atoms with Crippen LogP contribution in [-0.2, 0) is 0 Å². The summed E-state index contributed by atoms with van der Waals surface area (Å²) >= 11 is 1.60. The molecule has 0 aliphatic heterocycles. The van der Waals surface area contributed by atoms with Crippen LogP contribution in [0, 0.1) is 11.8 Å². The Morgan fingerprint density at radius 3 is 2.73 bits per heavy atom. The molecular formula is C24H20N4OS. The number of thiophene rings is 1. The lowest BCUT2D eigenvalue weighted by molar-refractivity contribution is 0.102. The zero-order chi connectivity index (χ0) is 20.9. The zero-order valence-electron chi connectivity index (χ0n) is 16.7. The number of nitrogens with zero attached hydrogens (tertiary/aromatic N) is 3. The number of hydrogen-bond donors (Lipinski definition) is 1. The first-order valence-electron chi connectivity index (χ1n) is 9.58. The van der Waals surface area contributed by atoms with Gasteiger partial charge in [0.25, 0.3) is 5.91 Å². The molecule has 0 aliphatic rings. The van der Waals surface area contributed by atoms with E-state index in [1.165, 1.54) is 0 Å². The van der Waals surface area contributed by atoms with Crippen molar-refractivity contribution in [3.8, 4) is 17.7 Å². The van der Waals surface area contributed by atoms with E-state index < -0.39 is 0 Å². The Morgan fingerprint density at radius 1 is 1.10 bits per heavy atom. The van der Waals surface area contributed by atoms with Crippen molar-refractivity contribution in [1.82, 2.24) is 14.8 Å². The molecule has 4 aromatic rings. The number of rotatable bonds is 4. The first kappa shape index (κ1) is 19.6. The number of hydrogen-bond acceptors (Lipinski definition) is 4. The lowest BCUT2D eigenvalue weighted by atomic mass is 10.1.